The number of carbonyl (C=O) groups excluding carboxylic acids is 2. The fourth-order valence-corrected chi connectivity index (χ4v) is 3.90. The zero-order valence-electron chi connectivity index (χ0n) is 16.8. The lowest BCUT2D eigenvalue weighted by molar-refractivity contribution is -0.117. The number of aryl methyl sites for hydroxylation is 1. The predicted octanol–water partition coefficient (Wildman–Crippen LogP) is 3.98. The number of nitrogens with zero attached hydrogens (tertiary/aromatic N) is 1. The Morgan fingerprint density at radius 1 is 1.22 bits per heavy atom. The first-order chi connectivity index (χ1) is 12.7. The Bertz CT molecular complexity index is 705. The molecule has 27 heavy (non-hydrogen) atoms. The first-order valence-electron chi connectivity index (χ1n) is 9.90. The van der Waals surface area contributed by atoms with Crippen molar-refractivity contribution in [3.8, 4) is 0 Å². The standard InChI is InChI=1S/C21H31N3O3/c1-14-10-11-18-16(12-14)22-19(25)17(23-20(26)27-21(2,3)4)13-24(18)15-8-6-5-7-9-15/h10-12,15,17H,5-9,13H2,1-4H3,(H,22,25)(H,23,26)/t17-/m1/s1. The molecule has 3 rings (SSSR count). The van der Waals surface area contributed by atoms with Gasteiger partial charge in [-0.05, 0) is 58.2 Å². The Hall–Kier alpha value is -2.24. The number of benzene rings is 1. The number of rotatable bonds is 2. The highest BCUT2D eigenvalue weighted by Crippen LogP contribution is 2.35. The molecule has 0 unspecified atom stereocenters. The van der Waals surface area contributed by atoms with E-state index in [2.05, 4.69) is 27.7 Å². The number of nitrogens with one attached hydrogen (secondary N) is 2. The summed E-state index contributed by atoms with van der Waals surface area (Å²) in [4.78, 5) is 27.4. The minimum absolute atomic E-state index is 0.203. The Labute approximate surface area is 161 Å². The number of fused-ring (bicyclic) bond motifs is 1. The molecule has 1 aliphatic carbocycles. The fourth-order valence-electron chi connectivity index (χ4n) is 3.90. The second-order valence-corrected chi connectivity index (χ2v) is 8.65. The van der Waals surface area contributed by atoms with Crippen LogP contribution in [0.4, 0.5) is 16.2 Å². The Morgan fingerprint density at radius 3 is 2.59 bits per heavy atom. The van der Waals surface area contributed by atoms with Gasteiger partial charge < -0.3 is 20.3 Å². The van der Waals surface area contributed by atoms with Gasteiger partial charge in [-0.25, -0.2) is 4.79 Å². The van der Waals surface area contributed by atoms with Crippen molar-refractivity contribution >= 4 is 23.4 Å². The SMILES string of the molecule is Cc1ccc2c(c1)NC(=O)[C@H](NC(=O)OC(C)(C)C)CN2C1CCCCC1. The van der Waals surface area contributed by atoms with Crippen LogP contribution in [0.3, 0.4) is 0 Å². The van der Waals surface area contributed by atoms with E-state index < -0.39 is 17.7 Å². The van der Waals surface area contributed by atoms with Crippen LogP contribution in [-0.4, -0.2) is 36.2 Å². The third-order valence-electron chi connectivity index (χ3n) is 5.12. The number of hydrogen-bond acceptors (Lipinski definition) is 4. The van der Waals surface area contributed by atoms with E-state index >= 15 is 0 Å². The van der Waals surface area contributed by atoms with Crippen molar-refractivity contribution in [1.82, 2.24) is 5.32 Å². The molecule has 6 nitrogen and oxygen atoms in total. The molecule has 0 spiro atoms. The molecule has 1 heterocycles. The van der Waals surface area contributed by atoms with Crippen molar-refractivity contribution in [2.24, 2.45) is 0 Å². The van der Waals surface area contributed by atoms with E-state index in [-0.39, 0.29) is 5.91 Å². The van der Waals surface area contributed by atoms with E-state index in [0.717, 1.165) is 29.8 Å². The van der Waals surface area contributed by atoms with Crippen LogP contribution < -0.4 is 15.5 Å². The molecule has 1 aromatic carbocycles. The average Bonchev–Trinajstić information content (AvgIpc) is 2.70. The molecule has 0 saturated heterocycles. The molecule has 2 N–H and O–H groups in total. The quantitative estimate of drug-likeness (QED) is 0.823. The van der Waals surface area contributed by atoms with Crippen molar-refractivity contribution < 1.29 is 14.3 Å². The van der Waals surface area contributed by atoms with Gasteiger partial charge in [0.05, 0.1) is 11.4 Å². The van der Waals surface area contributed by atoms with Gasteiger partial charge in [0.1, 0.15) is 11.6 Å². The van der Waals surface area contributed by atoms with Crippen LogP contribution in [0.1, 0.15) is 58.4 Å². The summed E-state index contributed by atoms with van der Waals surface area (Å²) >= 11 is 0. The van der Waals surface area contributed by atoms with E-state index in [9.17, 15) is 9.59 Å². The topological polar surface area (TPSA) is 70.7 Å². The smallest absolute Gasteiger partial charge is 0.408 e. The van der Waals surface area contributed by atoms with Crippen molar-refractivity contribution in [1.29, 1.82) is 0 Å². The minimum Gasteiger partial charge on any atom is -0.444 e. The van der Waals surface area contributed by atoms with Gasteiger partial charge in [0.15, 0.2) is 0 Å². The molecule has 2 amide bonds. The van der Waals surface area contributed by atoms with Gasteiger partial charge in [-0.2, -0.15) is 0 Å². The predicted molar refractivity (Wildman–Crippen MR) is 107 cm³/mol. The lowest BCUT2D eigenvalue weighted by Crippen LogP contribution is -2.52. The summed E-state index contributed by atoms with van der Waals surface area (Å²) in [5.41, 5.74) is 2.35. The molecule has 148 valence electrons. The van der Waals surface area contributed by atoms with Gasteiger partial charge in [0.25, 0.3) is 0 Å². The molecular weight excluding hydrogens is 342 g/mol. The second-order valence-electron chi connectivity index (χ2n) is 8.65. The number of ether oxygens (including phenoxy) is 1. The van der Waals surface area contributed by atoms with Crippen LogP contribution in [0.25, 0.3) is 0 Å². The lowest BCUT2D eigenvalue weighted by atomic mass is 9.93. The van der Waals surface area contributed by atoms with E-state index in [1.54, 1.807) is 0 Å². The van der Waals surface area contributed by atoms with Gasteiger partial charge in [0.2, 0.25) is 5.91 Å². The number of carbonyl (C=O) groups is 2. The molecule has 0 aromatic heterocycles. The molecule has 1 aromatic rings. The summed E-state index contributed by atoms with van der Waals surface area (Å²) in [6, 6.07) is 5.88. The third-order valence-corrected chi connectivity index (χ3v) is 5.12. The van der Waals surface area contributed by atoms with Crippen LogP contribution in [-0.2, 0) is 9.53 Å². The highest BCUT2D eigenvalue weighted by Gasteiger charge is 2.34. The Morgan fingerprint density at radius 2 is 1.93 bits per heavy atom. The average molecular weight is 373 g/mol. The summed E-state index contributed by atoms with van der Waals surface area (Å²) < 4.78 is 5.36. The summed E-state index contributed by atoms with van der Waals surface area (Å²) in [7, 11) is 0. The van der Waals surface area contributed by atoms with Crippen LogP contribution >= 0.6 is 0 Å². The molecule has 6 heteroatoms. The molecule has 1 fully saturated rings. The van der Waals surface area contributed by atoms with Crippen LogP contribution in [0.5, 0.6) is 0 Å². The summed E-state index contributed by atoms with van der Waals surface area (Å²) in [5, 5.41) is 5.77. The number of amides is 2. The number of anilines is 2. The van der Waals surface area contributed by atoms with Gasteiger partial charge in [-0.1, -0.05) is 25.3 Å². The third kappa shape index (κ3) is 4.93. The van der Waals surface area contributed by atoms with Gasteiger partial charge in [-0.15, -0.1) is 0 Å². The summed E-state index contributed by atoms with van der Waals surface area (Å²) in [5.74, 6) is -0.203. The van der Waals surface area contributed by atoms with Crippen LogP contribution in [0, 0.1) is 6.92 Å². The van der Waals surface area contributed by atoms with Crippen molar-refractivity contribution in [3.63, 3.8) is 0 Å². The maximum atomic E-state index is 12.8. The zero-order chi connectivity index (χ0) is 19.6. The Balaban J connectivity index is 1.86. The van der Waals surface area contributed by atoms with Gasteiger partial charge in [-0.3, -0.25) is 4.79 Å². The zero-order valence-corrected chi connectivity index (χ0v) is 16.8. The first-order valence-corrected chi connectivity index (χ1v) is 9.90. The van der Waals surface area contributed by atoms with Gasteiger partial charge in [0, 0.05) is 12.6 Å². The molecule has 1 aliphatic heterocycles. The summed E-state index contributed by atoms with van der Waals surface area (Å²) in [6.07, 6.45) is 5.33. The maximum Gasteiger partial charge on any atom is 0.408 e. The van der Waals surface area contributed by atoms with Crippen molar-refractivity contribution in [3.05, 3.63) is 23.8 Å². The monoisotopic (exact) mass is 373 g/mol. The molecule has 1 atom stereocenters. The highest BCUT2D eigenvalue weighted by atomic mass is 16.6. The molecule has 1 saturated carbocycles. The van der Waals surface area contributed by atoms with E-state index in [4.69, 9.17) is 4.74 Å². The van der Waals surface area contributed by atoms with Gasteiger partial charge >= 0.3 is 6.09 Å². The normalized spacial score (nSPS) is 21.1. The largest absolute Gasteiger partial charge is 0.444 e. The molecular formula is C21H31N3O3. The van der Waals surface area contributed by atoms with Crippen molar-refractivity contribution in [2.45, 2.75) is 77.5 Å². The Kier molecular flexibility index (Phi) is 5.63. The highest BCUT2D eigenvalue weighted by molar-refractivity contribution is 6.01. The number of alkyl carbamates (subject to hydrolysis) is 1. The number of hydrogen-bond donors (Lipinski definition) is 2. The van der Waals surface area contributed by atoms with E-state index in [1.807, 2.05) is 33.8 Å². The van der Waals surface area contributed by atoms with E-state index in [0.29, 0.717) is 12.6 Å². The second kappa shape index (κ2) is 7.79. The molecule has 2 aliphatic rings. The maximum absolute atomic E-state index is 12.8. The molecule has 0 bridgehead atoms. The minimum atomic E-state index is -0.658. The fraction of sp³-hybridized carbons (Fsp3) is 0.619. The van der Waals surface area contributed by atoms with Crippen LogP contribution in [0.2, 0.25) is 0 Å². The van der Waals surface area contributed by atoms with Crippen molar-refractivity contribution in [2.75, 3.05) is 16.8 Å². The first kappa shape index (κ1) is 19.5. The summed E-state index contributed by atoms with van der Waals surface area (Å²) in [6.45, 7) is 7.90. The lowest BCUT2D eigenvalue weighted by Gasteiger charge is -2.37. The van der Waals surface area contributed by atoms with Crippen LogP contribution in [0.15, 0.2) is 18.2 Å². The van der Waals surface area contributed by atoms with E-state index in [1.165, 1.54) is 19.3 Å². The molecule has 0 radical (unpaired) electrons.